The topological polar surface area (TPSA) is 97.1 Å². The Morgan fingerprint density at radius 2 is 1.67 bits per heavy atom. The molecule has 4 aromatic rings. The molecule has 0 aliphatic carbocycles. The van der Waals surface area contributed by atoms with Gasteiger partial charge in [-0.05, 0) is 62.4 Å². The normalized spacial score (nSPS) is 10.7. The van der Waals surface area contributed by atoms with E-state index in [2.05, 4.69) is 15.5 Å². The number of aromatic hydroxyl groups is 1. The zero-order valence-electron chi connectivity index (χ0n) is 18.1. The van der Waals surface area contributed by atoms with Crippen LogP contribution >= 0.6 is 11.8 Å². The molecule has 0 aliphatic rings. The van der Waals surface area contributed by atoms with Crippen LogP contribution in [0.5, 0.6) is 5.75 Å². The number of thioether (sulfide) groups is 1. The summed E-state index contributed by atoms with van der Waals surface area (Å²) < 4.78 is 1.83. The molecule has 8 heteroatoms. The fourth-order valence-corrected chi connectivity index (χ4v) is 3.99. The first-order valence-electron chi connectivity index (χ1n) is 10.3. The molecule has 0 bridgehead atoms. The number of carbonyl (C=O) groups is 2. The predicted molar refractivity (Wildman–Crippen MR) is 129 cm³/mol. The smallest absolute Gasteiger partial charge is 0.234 e. The highest BCUT2D eigenvalue weighted by Crippen LogP contribution is 2.32. The lowest BCUT2D eigenvalue weighted by Crippen LogP contribution is -2.14. The highest BCUT2D eigenvalue weighted by molar-refractivity contribution is 7.99. The fraction of sp³-hybridized carbons (Fsp3) is 0.120. The van der Waals surface area contributed by atoms with E-state index in [4.69, 9.17) is 0 Å². The molecule has 0 saturated carbocycles. The van der Waals surface area contributed by atoms with Gasteiger partial charge >= 0.3 is 0 Å². The number of Topliss-reactive ketones (excluding diaryl/α,β-unsaturated/α-hetero) is 1. The number of phenolic OH excluding ortho intramolecular Hbond substituents is 1. The van der Waals surface area contributed by atoms with Gasteiger partial charge in [0.2, 0.25) is 5.91 Å². The molecule has 4 rings (SSSR count). The maximum Gasteiger partial charge on any atom is 0.234 e. The van der Waals surface area contributed by atoms with Crippen molar-refractivity contribution >= 4 is 29.1 Å². The van der Waals surface area contributed by atoms with Crippen LogP contribution in [-0.2, 0) is 4.79 Å². The van der Waals surface area contributed by atoms with Crippen LogP contribution in [0.25, 0.3) is 17.1 Å². The average Bonchev–Trinajstić information content (AvgIpc) is 3.22. The first-order chi connectivity index (χ1) is 15.9. The number of carbonyl (C=O) groups excluding carboxylic acids is 2. The van der Waals surface area contributed by atoms with E-state index in [9.17, 15) is 14.7 Å². The van der Waals surface area contributed by atoms with E-state index < -0.39 is 0 Å². The summed E-state index contributed by atoms with van der Waals surface area (Å²) in [5.41, 5.74) is 3.69. The van der Waals surface area contributed by atoms with Crippen LogP contribution in [0.15, 0.2) is 78.0 Å². The summed E-state index contributed by atoms with van der Waals surface area (Å²) in [6.45, 7) is 3.50. The van der Waals surface area contributed by atoms with Crippen LogP contribution < -0.4 is 5.32 Å². The van der Waals surface area contributed by atoms with Crippen molar-refractivity contribution in [3.63, 3.8) is 0 Å². The van der Waals surface area contributed by atoms with Crippen LogP contribution in [0, 0.1) is 6.92 Å². The van der Waals surface area contributed by atoms with Crippen molar-refractivity contribution in [3.05, 3.63) is 83.9 Å². The Balaban J connectivity index is 1.57. The van der Waals surface area contributed by atoms with E-state index in [1.807, 2.05) is 41.8 Å². The lowest BCUT2D eigenvalue weighted by atomic mass is 10.1. The van der Waals surface area contributed by atoms with Crippen molar-refractivity contribution < 1.29 is 14.7 Å². The minimum Gasteiger partial charge on any atom is -0.507 e. The molecule has 0 radical (unpaired) electrons. The third-order valence-corrected chi connectivity index (χ3v) is 5.91. The van der Waals surface area contributed by atoms with Gasteiger partial charge in [-0.15, -0.1) is 10.2 Å². The van der Waals surface area contributed by atoms with Gasteiger partial charge in [0.1, 0.15) is 5.75 Å². The highest BCUT2D eigenvalue weighted by Gasteiger charge is 2.19. The molecule has 1 amide bonds. The number of hydrogen-bond donors (Lipinski definition) is 2. The standard InChI is InChI=1S/C25H22N4O3S/c1-16-7-13-20(14-8-16)29-24(21-5-3-4-6-22(21)31)27-28-25(29)33-15-23(32)26-19-11-9-18(10-12-19)17(2)30/h3-14,31H,15H2,1-2H3,(H,26,32). The van der Waals surface area contributed by atoms with Crippen LogP contribution in [0.1, 0.15) is 22.8 Å². The van der Waals surface area contributed by atoms with Crippen molar-refractivity contribution in [2.24, 2.45) is 0 Å². The van der Waals surface area contributed by atoms with Crippen LogP contribution in [0.2, 0.25) is 0 Å². The van der Waals surface area contributed by atoms with E-state index in [-0.39, 0.29) is 23.2 Å². The van der Waals surface area contributed by atoms with Gasteiger partial charge in [0.05, 0.1) is 11.3 Å². The van der Waals surface area contributed by atoms with Gasteiger partial charge in [-0.25, -0.2) is 0 Å². The molecule has 0 spiro atoms. The Morgan fingerprint density at radius 3 is 2.33 bits per heavy atom. The summed E-state index contributed by atoms with van der Waals surface area (Å²) in [6.07, 6.45) is 0. The van der Waals surface area contributed by atoms with E-state index in [0.717, 1.165) is 11.3 Å². The van der Waals surface area contributed by atoms with Crippen molar-refractivity contribution in [2.75, 3.05) is 11.1 Å². The number of hydrogen-bond acceptors (Lipinski definition) is 6. The minimum absolute atomic E-state index is 0.0286. The molecule has 2 N–H and O–H groups in total. The first-order valence-corrected chi connectivity index (χ1v) is 11.3. The van der Waals surface area contributed by atoms with Crippen molar-refractivity contribution in [1.29, 1.82) is 0 Å². The summed E-state index contributed by atoms with van der Waals surface area (Å²) in [6, 6.07) is 21.5. The molecule has 3 aromatic carbocycles. The number of aryl methyl sites for hydroxylation is 1. The Morgan fingerprint density at radius 1 is 0.970 bits per heavy atom. The number of aromatic nitrogens is 3. The molecule has 7 nitrogen and oxygen atoms in total. The highest BCUT2D eigenvalue weighted by atomic mass is 32.2. The van der Waals surface area contributed by atoms with Gasteiger partial charge in [-0.3, -0.25) is 14.2 Å². The van der Waals surface area contributed by atoms with E-state index >= 15 is 0 Å². The van der Waals surface area contributed by atoms with Crippen LogP contribution in [0.3, 0.4) is 0 Å². The van der Waals surface area contributed by atoms with Crippen molar-refractivity contribution in [1.82, 2.24) is 14.8 Å². The summed E-state index contributed by atoms with van der Waals surface area (Å²) in [5, 5.41) is 22.3. The van der Waals surface area contributed by atoms with Gasteiger partial charge in [0, 0.05) is 16.9 Å². The molecular weight excluding hydrogens is 436 g/mol. The predicted octanol–water partition coefficient (Wildman–Crippen LogP) is 4.88. The van der Waals surface area contributed by atoms with Crippen molar-refractivity contribution in [3.8, 4) is 22.8 Å². The quantitative estimate of drug-likeness (QED) is 0.303. The molecule has 166 valence electrons. The van der Waals surface area contributed by atoms with Crippen LogP contribution in [0.4, 0.5) is 5.69 Å². The molecular formula is C25H22N4O3S. The van der Waals surface area contributed by atoms with E-state index in [1.165, 1.54) is 18.7 Å². The summed E-state index contributed by atoms with van der Waals surface area (Å²) in [5.74, 6) is 0.456. The zero-order valence-corrected chi connectivity index (χ0v) is 19.0. The lowest BCUT2D eigenvalue weighted by molar-refractivity contribution is -0.113. The van der Waals surface area contributed by atoms with E-state index in [0.29, 0.717) is 27.8 Å². The van der Waals surface area contributed by atoms with E-state index in [1.54, 1.807) is 42.5 Å². The minimum atomic E-state index is -0.210. The molecule has 0 atom stereocenters. The zero-order chi connectivity index (χ0) is 23.4. The largest absolute Gasteiger partial charge is 0.507 e. The molecule has 0 aliphatic heterocycles. The molecule has 33 heavy (non-hydrogen) atoms. The first kappa shape index (κ1) is 22.3. The van der Waals surface area contributed by atoms with Gasteiger partial charge in [0.15, 0.2) is 16.8 Å². The number of nitrogens with one attached hydrogen (secondary N) is 1. The Kier molecular flexibility index (Phi) is 6.55. The third kappa shape index (κ3) is 5.12. The molecule has 1 aromatic heterocycles. The number of amides is 1. The van der Waals surface area contributed by atoms with Gasteiger partial charge < -0.3 is 10.4 Å². The molecule has 0 unspecified atom stereocenters. The summed E-state index contributed by atoms with van der Waals surface area (Å²) >= 11 is 1.24. The third-order valence-electron chi connectivity index (χ3n) is 4.98. The SMILES string of the molecule is CC(=O)c1ccc(NC(=O)CSc2nnc(-c3ccccc3O)n2-c2ccc(C)cc2)cc1. The maximum atomic E-state index is 12.5. The Hall–Kier alpha value is -3.91. The number of ketones is 1. The number of para-hydroxylation sites is 1. The summed E-state index contributed by atoms with van der Waals surface area (Å²) in [7, 11) is 0. The number of phenols is 1. The number of nitrogens with zero attached hydrogens (tertiary/aromatic N) is 3. The second kappa shape index (κ2) is 9.70. The summed E-state index contributed by atoms with van der Waals surface area (Å²) in [4.78, 5) is 23.9. The van der Waals surface area contributed by atoms with Gasteiger partial charge in [-0.1, -0.05) is 41.6 Å². The molecule has 0 saturated heterocycles. The molecule has 0 fully saturated rings. The second-order valence-corrected chi connectivity index (χ2v) is 8.41. The maximum absolute atomic E-state index is 12.5. The van der Waals surface area contributed by atoms with Gasteiger partial charge in [0.25, 0.3) is 0 Å². The average molecular weight is 459 g/mol. The van der Waals surface area contributed by atoms with Crippen LogP contribution in [-0.4, -0.2) is 37.3 Å². The Labute approximate surface area is 195 Å². The number of benzene rings is 3. The lowest BCUT2D eigenvalue weighted by Gasteiger charge is -2.11. The van der Waals surface area contributed by atoms with Crippen molar-refractivity contribution in [2.45, 2.75) is 19.0 Å². The van der Waals surface area contributed by atoms with Gasteiger partial charge in [-0.2, -0.15) is 0 Å². The molecule has 1 heterocycles. The fourth-order valence-electron chi connectivity index (χ4n) is 3.24. The Bertz CT molecular complexity index is 1300. The number of anilines is 1. The monoisotopic (exact) mass is 458 g/mol. The number of rotatable bonds is 7. The second-order valence-electron chi connectivity index (χ2n) is 7.46.